The van der Waals surface area contributed by atoms with Gasteiger partial charge in [0.15, 0.2) is 11.9 Å². The predicted molar refractivity (Wildman–Crippen MR) is 75.4 cm³/mol. The molecule has 1 N–H and O–H groups in total. The van der Waals surface area contributed by atoms with Gasteiger partial charge in [-0.15, -0.1) is 0 Å². The lowest BCUT2D eigenvalue weighted by Gasteiger charge is -2.02. The molecule has 110 valence electrons. The minimum atomic E-state index is 0. The molecule has 1 aromatic rings. The van der Waals surface area contributed by atoms with Crippen molar-refractivity contribution in [3.63, 3.8) is 0 Å². The SMILES string of the molecule is Cc1cccc[n+]1CCCCCCCCCCO.[Cl-]. The van der Waals surface area contributed by atoms with Gasteiger partial charge in [0.25, 0.3) is 0 Å². The summed E-state index contributed by atoms with van der Waals surface area (Å²) in [6, 6.07) is 6.37. The average molecular weight is 286 g/mol. The topological polar surface area (TPSA) is 24.1 Å². The third-order valence-electron chi connectivity index (χ3n) is 3.47. The molecule has 0 spiro atoms. The fourth-order valence-electron chi connectivity index (χ4n) is 2.27. The standard InChI is InChI=1S/C16H28NO.ClH/c1-16-12-8-10-14-17(16)13-9-6-4-2-3-5-7-11-15-18;/h8,10,12,14,18H,2-7,9,11,13,15H2,1H3;1H/q+1;/p-1. The number of hydrogen-bond acceptors (Lipinski definition) is 1. The fourth-order valence-corrected chi connectivity index (χ4v) is 2.27. The molecule has 0 atom stereocenters. The van der Waals surface area contributed by atoms with Gasteiger partial charge in [0.05, 0.1) is 0 Å². The molecule has 0 radical (unpaired) electrons. The number of hydrogen-bond donors (Lipinski definition) is 1. The van der Waals surface area contributed by atoms with Crippen LogP contribution in [0.1, 0.15) is 57.1 Å². The first-order valence-electron chi connectivity index (χ1n) is 7.40. The van der Waals surface area contributed by atoms with Crippen molar-refractivity contribution in [1.29, 1.82) is 0 Å². The van der Waals surface area contributed by atoms with Crippen LogP contribution in [0.15, 0.2) is 24.4 Å². The maximum atomic E-state index is 8.67. The molecule has 0 aliphatic rings. The molecule has 0 aliphatic heterocycles. The second-order valence-corrected chi connectivity index (χ2v) is 5.09. The highest BCUT2D eigenvalue weighted by Crippen LogP contribution is 2.08. The van der Waals surface area contributed by atoms with Crippen LogP contribution in [0.3, 0.4) is 0 Å². The Labute approximate surface area is 124 Å². The quantitative estimate of drug-likeness (QED) is 0.488. The predicted octanol–water partition coefficient (Wildman–Crippen LogP) is 0.400. The number of nitrogens with zero attached hydrogens (tertiary/aromatic N) is 1. The van der Waals surface area contributed by atoms with Crippen LogP contribution in [-0.4, -0.2) is 11.7 Å². The van der Waals surface area contributed by atoms with Gasteiger partial charge in [-0.1, -0.05) is 38.2 Å². The van der Waals surface area contributed by atoms with E-state index in [1.54, 1.807) is 0 Å². The van der Waals surface area contributed by atoms with E-state index in [-0.39, 0.29) is 12.4 Å². The lowest BCUT2D eigenvalue weighted by Crippen LogP contribution is -3.00. The van der Waals surface area contributed by atoms with E-state index in [0.29, 0.717) is 6.61 Å². The molecule has 2 nitrogen and oxygen atoms in total. The number of aliphatic hydroxyl groups is 1. The van der Waals surface area contributed by atoms with Crippen molar-refractivity contribution in [2.24, 2.45) is 0 Å². The van der Waals surface area contributed by atoms with E-state index in [1.807, 2.05) is 0 Å². The maximum Gasteiger partial charge on any atom is 0.178 e. The van der Waals surface area contributed by atoms with Crippen LogP contribution in [0.5, 0.6) is 0 Å². The molecule has 1 rings (SSSR count). The summed E-state index contributed by atoms with van der Waals surface area (Å²) < 4.78 is 2.33. The lowest BCUT2D eigenvalue weighted by molar-refractivity contribution is -0.703. The Hall–Kier alpha value is -0.600. The molecule has 0 bridgehead atoms. The Kier molecular flexibility index (Phi) is 12.0. The highest BCUT2D eigenvalue weighted by molar-refractivity contribution is 4.93. The van der Waals surface area contributed by atoms with E-state index in [1.165, 1.54) is 50.6 Å². The molecule has 19 heavy (non-hydrogen) atoms. The molecule has 0 unspecified atom stereocenters. The van der Waals surface area contributed by atoms with Crippen LogP contribution >= 0.6 is 0 Å². The number of halogens is 1. The third kappa shape index (κ3) is 9.01. The van der Waals surface area contributed by atoms with Crippen LogP contribution in [0, 0.1) is 6.92 Å². The van der Waals surface area contributed by atoms with E-state index in [2.05, 4.69) is 35.9 Å². The van der Waals surface area contributed by atoms with E-state index in [9.17, 15) is 0 Å². The smallest absolute Gasteiger partial charge is 0.178 e. The maximum absolute atomic E-state index is 8.67. The minimum Gasteiger partial charge on any atom is -1.00 e. The lowest BCUT2D eigenvalue weighted by atomic mass is 10.1. The zero-order valence-corrected chi connectivity index (χ0v) is 12.9. The van der Waals surface area contributed by atoms with Gasteiger partial charge >= 0.3 is 0 Å². The summed E-state index contributed by atoms with van der Waals surface area (Å²) in [5.74, 6) is 0. The molecule has 0 saturated carbocycles. The number of aliphatic hydroxyl groups excluding tert-OH is 1. The van der Waals surface area contributed by atoms with Crippen LogP contribution in [-0.2, 0) is 6.54 Å². The third-order valence-corrected chi connectivity index (χ3v) is 3.47. The van der Waals surface area contributed by atoms with E-state index in [0.717, 1.165) is 13.0 Å². The first-order chi connectivity index (χ1) is 8.84. The van der Waals surface area contributed by atoms with Gasteiger partial charge in [-0.25, -0.2) is 4.57 Å². The Bertz CT molecular complexity index is 317. The summed E-state index contributed by atoms with van der Waals surface area (Å²) in [4.78, 5) is 0. The van der Waals surface area contributed by atoms with E-state index >= 15 is 0 Å². The number of rotatable bonds is 10. The van der Waals surface area contributed by atoms with Crippen molar-refractivity contribution in [3.8, 4) is 0 Å². The second-order valence-electron chi connectivity index (χ2n) is 5.09. The van der Waals surface area contributed by atoms with Gasteiger partial charge in [0, 0.05) is 32.1 Å². The Morgan fingerprint density at radius 1 is 0.895 bits per heavy atom. The molecule has 0 aliphatic carbocycles. The summed E-state index contributed by atoms with van der Waals surface area (Å²) >= 11 is 0. The molecule has 1 heterocycles. The molecule has 1 aromatic heterocycles. The number of aryl methyl sites for hydroxylation is 2. The molecule has 0 fully saturated rings. The van der Waals surface area contributed by atoms with Crippen molar-refractivity contribution in [3.05, 3.63) is 30.1 Å². The van der Waals surface area contributed by atoms with Crippen molar-refractivity contribution in [1.82, 2.24) is 0 Å². The summed E-state index contributed by atoms with van der Waals surface area (Å²) in [7, 11) is 0. The van der Waals surface area contributed by atoms with E-state index in [4.69, 9.17) is 5.11 Å². The minimum absolute atomic E-state index is 0. The summed E-state index contributed by atoms with van der Waals surface area (Å²) in [6.45, 7) is 3.67. The van der Waals surface area contributed by atoms with E-state index < -0.39 is 0 Å². The molecular formula is C16H28ClNO. The molecular weight excluding hydrogens is 258 g/mol. The molecule has 0 amide bonds. The van der Waals surface area contributed by atoms with Crippen LogP contribution in [0.25, 0.3) is 0 Å². The van der Waals surface area contributed by atoms with Crippen molar-refractivity contribution >= 4 is 0 Å². The normalized spacial score (nSPS) is 10.2. The zero-order valence-electron chi connectivity index (χ0n) is 12.2. The van der Waals surface area contributed by atoms with Gasteiger partial charge in [-0.05, 0) is 12.8 Å². The Balaban J connectivity index is 0.00000324. The van der Waals surface area contributed by atoms with Gasteiger partial charge in [0.1, 0.15) is 6.54 Å². The average Bonchev–Trinajstić information content (AvgIpc) is 2.39. The first kappa shape index (κ1) is 18.4. The Morgan fingerprint density at radius 3 is 2.05 bits per heavy atom. The van der Waals surface area contributed by atoms with Crippen molar-refractivity contribution in [2.75, 3.05) is 6.61 Å². The summed E-state index contributed by atoms with van der Waals surface area (Å²) in [5, 5.41) is 8.67. The molecule has 0 saturated heterocycles. The highest BCUT2D eigenvalue weighted by Gasteiger charge is 2.02. The largest absolute Gasteiger partial charge is 1.00 e. The molecule has 3 heteroatoms. The van der Waals surface area contributed by atoms with Gasteiger partial charge in [-0.2, -0.15) is 0 Å². The van der Waals surface area contributed by atoms with Crippen LogP contribution < -0.4 is 17.0 Å². The Morgan fingerprint density at radius 2 is 1.47 bits per heavy atom. The summed E-state index contributed by atoms with van der Waals surface area (Å²) in [6.07, 6.45) is 12.3. The monoisotopic (exact) mass is 285 g/mol. The fraction of sp³-hybridized carbons (Fsp3) is 0.688. The number of unbranched alkanes of at least 4 members (excludes halogenated alkanes) is 7. The number of pyridine rings is 1. The van der Waals surface area contributed by atoms with Gasteiger partial charge in [-0.3, -0.25) is 0 Å². The van der Waals surface area contributed by atoms with Crippen LogP contribution in [0.2, 0.25) is 0 Å². The second kappa shape index (κ2) is 12.4. The van der Waals surface area contributed by atoms with Gasteiger partial charge in [0.2, 0.25) is 0 Å². The van der Waals surface area contributed by atoms with Crippen molar-refractivity contribution in [2.45, 2.75) is 64.8 Å². The molecule has 0 aromatic carbocycles. The van der Waals surface area contributed by atoms with Crippen LogP contribution in [0.4, 0.5) is 0 Å². The first-order valence-corrected chi connectivity index (χ1v) is 7.40. The summed E-state index contributed by atoms with van der Waals surface area (Å²) in [5.41, 5.74) is 1.35. The zero-order chi connectivity index (χ0) is 13.1. The number of aromatic nitrogens is 1. The van der Waals surface area contributed by atoms with Crippen molar-refractivity contribution < 1.29 is 22.1 Å². The highest BCUT2D eigenvalue weighted by atomic mass is 35.5. The van der Waals surface area contributed by atoms with Gasteiger partial charge < -0.3 is 17.5 Å².